The molecule has 0 saturated heterocycles. The Balaban J connectivity index is 2.19. The molecule has 22 heavy (non-hydrogen) atoms. The van der Waals surface area contributed by atoms with Gasteiger partial charge >= 0.3 is 0 Å². The van der Waals surface area contributed by atoms with Crippen LogP contribution in [0.3, 0.4) is 0 Å². The minimum absolute atomic E-state index is 0.261. The van der Waals surface area contributed by atoms with Crippen molar-refractivity contribution in [3.8, 4) is 0 Å². The second-order valence-corrected chi connectivity index (χ2v) is 7.28. The third-order valence-electron chi connectivity index (χ3n) is 3.61. The van der Waals surface area contributed by atoms with Crippen LogP contribution >= 0.6 is 0 Å². The van der Waals surface area contributed by atoms with Gasteiger partial charge in [-0.1, -0.05) is 48.0 Å². The van der Waals surface area contributed by atoms with Gasteiger partial charge in [0.1, 0.15) is 0 Å². The lowest BCUT2D eigenvalue weighted by Gasteiger charge is -2.23. The predicted octanol–water partition coefficient (Wildman–Crippen LogP) is 3.00. The highest BCUT2D eigenvalue weighted by Gasteiger charge is 2.24. The Hall–Kier alpha value is -1.69. The summed E-state index contributed by atoms with van der Waals surface area (Å²) in [6, 6.07) is 16.5. The lowest BCUT2D eigenvalue weighted by atomic mass is 10.1. The first kappa shape index (κ1) is 16.7. The summed E-state index contributed by atoms with van der Waals surface area (Å²) in [4.78, 5) is 0.295. The van der Waals surface area contributed by atoms with E-state index < -0.39 is 10.0 Å². The van der Waals surface area contributed by atoms with Crippen LogP contribution < -0.4 is 0 Å². The molecule has 2 aromatic carbocycles. The molecule has 0 aliphatic heterocycles. The van der Waals surface area contributed by atoms with Gasteiger partial charge in [0.05, 0.1) is 11.0 Å². The summed E-state index contributed by atoms with van der Waals surface area (Å²) < 4.78 is 32.0. The molecule has 1 atom stereocenters. The molecule has 0 saturated carbocycles. The first-order valence-electron chi connectivity index (χ1n) is 7.06. The minimum Gasteiger partial charge on any atom is -0.375 e. The monoisotopic (exact) mass is 319 g/mol. The Morgan fingerprint density at radius 2 is 1.64 bits per heavy atom. The summed E-state index contributed by atoms with van der Waals surface area (Å²) in [5, 5.41) is 0. The van der Waals surface area contributed by atoms with Crippen molar-refractivity contribution in [2.75, 3.05) is 20.7 Å². The van der Waals surface area contributed by atoms with Crippen LogP contribution in [0.2, 0.25) is 0 Å². The number of hydrogen-bond acceptors (Lipinski definition) is 3. The zero-order chi connectivity index (χ0) is 16.2. The molecule has 0 bridgehead atoms. The molecule has 0 fully saturated rings. The van der Waals surface area contributed by atoms with Crippen LogP contribution in [-0.2, 0) is 14.8 Å². The Labute approximate surface area is 132 Å². The second-order valence-electron chi connectivity index (χ2n) is 5.23. The van der Waals surface area contributed by atoms with Crippen LogP contribution in [0.4, 0.5) is 0 Å². The number of sulfonamides is 1. The van der Waals surface area contributed by atoms with Gasteiger partial charge < -0.3 is 4.74 Å². The summed E-state index contributed by atoms with van der Waals surface area (Å²) in [5.41, 5.74) is 1.98. The predicted molar refractivity (Wildman–Crippen MR) is 87.2 cm³/mol. The molecule has 2 rings (SSSR count). The fraction of sp³-hybridized carbons (Fsp3) is 0.294. The van der Waals surface area contributed by atoms with E-state index >= 15 is 0 Å². The zero-order valence-electron chi connectivity index (χ0n) is 13.1. The summed E-state index contributed by atoms with van der Waals surface area (Å²) in [5.74, 6) is 0. The van der Waals surface area contributed by atoms with Crippen molar-refractivity contribution in [3.05, 3.63) is 65.7 Å². The number of methoxy groups -OCH3 is 1. The van der Waals surface area contributed by atoms with Gasteiger partial charge in [0, 0.05) is 20.7 Å². The number of ether oxygens (including phenoxy) is 1. The normalized spacial score (nSPS) is 13.3. The van der Waals surface area contributed by atoms with Crippen molar-refractivity contribution in [2.24, 2.45) is 0 Å². The van der Waals surface area contributed by atoms with E-state index in [1.807, 2.05) is 37.3 Å². The van der Waals surface area contributed by atoms with Crippen molar-refractivity contribution in [3.63, 3.8) is 0 Å². The molecule has 0 aromatic heterocycles. The average molecular weight is 319 g/mol. The number of aryl methyl sites for hydroxylation is 1. The third kappa shape index (κ3) is 3.74. The molecule has 5 heteroatoms. The summed E-state index contributed by atoms with van der Waals surface area (Å²) in [6.07, 6.45) is -0.300. The molecule has 0 heterocycles. The Morgan fingerprint density at radius 1 is 1.05 bits per heavy atom. The van der Waals surface area contributed by atoms with Gasteiger partial charge in [-0.25, -0.2) is 8.42 Å². The average Bonchev–Trinajstić information content (AvgIpc) is 2.53. The van der Waals surface area contributed by atoms with E-state index in [-0.39, 0.29) is 12.6 Å². The second kappa shape index (κ2) is 7.05. The minimum atomic E-state index is -3.52. The highest BCUT2D eigenvalue weighted by atomic mass is 32.2. The third-order valence-corrected chi connectivity index (χ3v) is 5.45. The van der Waals surface area contributed by atoms with E-state index in [4.69, 9.17) is 4.74 Å². The van der Waals surface area contributed by atoms with Crippen LogP contribution in [0.1, 0.15) is 17.2 Å². The van der Waals surface area contributed by atoms with Crippen LogP contribution in [-0.4, -0.2) is 33.4 Å². The first-order chi connectivity index (χ1) is 10.4. The van der Waals surface area contributed by atoms with Crippen molar-refractivity contribution in [1.29, 1.82) is 0 Å². The van der Waals surface area contributed by atoms with Crippen molar-refractivity contribution in [1.82, 2.24) is 4.31 Å². The van der Waals surface area contributed by atoms with Crippen LogP contribution in [0.5, 0.6) is 0 Å². The molecule has 0 amide bonds. The number of hydrogen-bond donors (Lipinski definition) is 0. The maximum Gasteiger partial charge on any atom is 0.242 e. The summed E-state index contributed by atoms with van der Waals surface area (Å²) in [6.45, 7) is 2.19. The Bertz CT molecular complexity index is 696. The highest BCUT2D eigenvalue weighted by Crippen LogP contribution is 2.21. The zero-order valence-corrected chi connectivity index (χ0v) is 13.9. The van der Waals surface area contributed by atoms with E-state index in [9.17, 15) is 8.42 Å². The number of likely N-dealkylation sites (N-methyl/N-ethyl adjacent to an activating group) is 1. The molecule has 0 spiro atoms. The van der Waals surface area contributed by atoms with E-state index in [0.717, 1.165) is 11.1 Å². The summed E-state index contributed by atoms with van der Waals surface area (Å²) >= 11 is 0. The van der Waals surface area contributed by atoms with Gasteiger partial charge in [-0.2, -0.15) is 4.31 Å². The van der Waals surface area contributed by atoms with Gasteiger partial charge in [-0.05, 0) is 24.6 Å². The largest absolute Gasteiger partial charge is 0.375 e. The number of benzene rings is 2. The van der Waals surface area contributed by atoms with E-state index in [1.165, 1.54) is 4.31 Å². The van der Waals surface area contributed by atoms with Crippen molar-refractivity contribution >= 4 is 10.0 Å². The van der Waals surface area contributed by atoms with Gasteiger partial charge in [0.2, 0.25) is 10.0 Å². The van der Waals surface area contributed by atoms with Crippen LogP contribution in [0, 0.1) is 6.92 Å². The van der Waals surface area contributed by atoms with E-state index in [1.54, 1.807) is 38.4 Å². The molecule has 0 N–H and O–H groups in total. The Kier molecular flexibility index (Phi) is 5.34. The highest BCUT2D eigenvalue weighted by molar-refractivity contribution is 7.89. The lowest BCUT2D eigenvalue weighted by molar-refractivity contribution is 0.0891. The Morgan fingerprint density at radius 3 is 2.18 bits per heavy atom. The number of rotatable bonds is 6. The van der Waals surface area contributed by atoms with Crippen LogP contribution in [0.15, 0.2) is 59.5 Å². The van der Waals surface area contributed by atoms with E-state index in [2.05, 4.69) is 0 Å². The fourth-order valence-electron chi connectivity index (χ4n) is 2.21. The first-order valence-corrected chi connectivity index (χ1v) is 8.50. The molecular formula is C17H21NO3S. The van der Waals surface area contributed by atoms with Gasteiger partial charge in [0.25, 0.3) is 0 Å². The molecule has 0 radical (unpaired) electrons. The van der Waals surface area contributed by atoms with Crippen molar-refractivity contribution < 1.29 is 13.2 Å². The molecular weight excluding hydrogens is 298 g/mol. The topological polar surface area (TPSA) is 46.6 Å². The van der Waals surface area contributed by atoms with Gasteiger partial charge in [-0.3, -0.25) is 0 Å². The smallest absolute Gasteiger partial charge is 0.242 e. The quantitative estimate of drug-likeness (QED) is 0.822. The SMILES string of the molecule is COC(CN(C)S(=O)(=O)c1ccc(C)cc1)c1ccccc1. The summed E-state index contributed by atoms with van der Waals surface area (Å²) in [7, 11) is -0.355. The molecule has 0 aliphatic carbocycles. The van der Waals surface area contributed by atoms with Gasteiger partial charge in [0.15, 0.2) is 0 Å². The molecule has 2 aromatic rings. The molecule has 0 aliphatic rings. The maximum atomic E-state index is 12.6. The standard InChI is InChI=1S/C17H21NO3S/c1-14-9-11-16(12-10-14)22(19,20)18(2)13-17(21-3)15-7-5-4-6-8-15/h4-12,17H,13H2,1-3H3. The molecule has 4 nitrogen and oxygen atoms in total. The van der Waals surface area contributed by atoms with E-state index in [0.29, 0.717) is 4.90 Å². The lowest BCUT2D eigenvalue weighted by Crippen LogP contribution is -2.31. The fourth-order valence-corrected chi connectivity index (χ4v) is 3.38. The molecule has 118 valence electrons. The maximum absolute atomic E-state index is 12.6. The number of nitrogens with zero attached hydrogens (tertiary/aromatic N) is 1. The van der Waals surface area contributed by atoms with Crippen LogP contribution in [0.25, 0.3) is 0 Å². The van der Waals surface area contributed by atoms with Gasteiger partial charge in [-0.15, -0.1) is 0 Å². The van der Waals surface area contributed by atoms with Crippen molar-refractivity contribution in [2.45, 2.75) is 17.9 Å². The molecule has 1 unspecified atom stereocenters.